The fraction of sp³-hybridized carbons (Fsp3) is 0.458. The van der Waals surface area contributed by atoms with Gasteiger partial charge in [0.1, 0.15) is 11.9 Å². The van der Waals surface area contributed by atoms with Gasteiger partial charge in [-0.15, -0.1) is 0 Å². The first-order valence-corrected chi connectivity index (χ1v) is 10.6. The Morgan fingerprint density at radius 1 is 1.00 bits per heavy atom. The lowest BCUT2D eigenvalue weighted by molar-refractivity contribution is 0.140. The second-order valence-corrected chi connectivity index (χ2v) is 7.53. The molecule has 32 heavy (non-hydrogen) atoms. The zero-order chi connectivity index (χ0) is 22.9. The van der Waals surface area contributed by atoms with Crippen LogP contribution >= 0.6 is 0 Å². The van der Waals surface area contributed by atoms with Crippen molar-refractivity contribution in [3.8, 4) is 23.0 Å². The van der Waals surface area contributed by atoms with Crippen LogP contribution in [0.1, 0.15) is 23.1 Å². The first-order chi connectivity index (χ1) is 15.6. The van der Waals surface area contributed by atoms with Crippen LogP contribution in [0.5, 0.6) is 23.0 Å². The van der Waals surface area contributed by atoms with Crippen LogP contribution in [0, 0.1) is 6.92 Å². The van der Waals surface area contributed by atoms with E-state index in [-0.39, 0.29) is 6.10 Å². The number of hydrogen-bond donors (Lipinski definition) is 2. The molecule has 0 radical (unpaired) electrons. The third-order valence-electron chi connectivity index (χ3n) is 5.26. The molecule has 0 aromatic heterocycles. The minimum atomic E-state index is 0.105. The largest absolute Gasteiger partial charge is 0.493 e. The lowest BCUT2D eigenvalue weighted by atomic mass is 10.1. The predicted octanol–water partition coefficient (Wildman–Crippen LogP) is 3.05. The fourth-order valence-electron chi connectivity index (χ4n) is 3.53. The smallest absolute Gasteiger partial charge is 0.203 e. The van der Waals surface area contributed by atoms with Crippen LogP contribution in [0.2, 0.25) is 0 Å². The van der Waals surface area contributed by atoms with Crippen molar-refractivity contribution in [1.82, 2.24) is 10.6 Å². The minimum absolute atomic E-state index is 0.105. The first kappa shape index (κ1) is 23.5. The molecule has 8 heteroatoms. The Hall–Kier alpha value is -3.13. The molecule has 1 atom stereocenters. The molecular weight excluding hydrogens is 410 g/mol. The summed E-state index contributed by atoms with van der Waals surface area (Å²) in [6, 6.07) is 10.1. The van der Waals surface area contributed by atoms with Crippen LogP contribution in [-0.4, -0.2) is 53.7 Å². The van der Waals surface area contributed by atoms with E-state index < -0.39 is 0 Å². The molecule has 0 spiro atoms. The van der Waals surface area contributed by atoms with Crippen LogP contribution in [0.25, 0.3) is 0 Å². The average molecular weight is 444 g/mol. The van der Waals surface area contributed by atoms with Crippen molar-refractivity contribution >= 4 is 5.96 Å². The number of guanidine groups is 1. The molecule has 1 unspecified atom stereocenters. The quantitative estimate of drug-likeness (QED) is 0.455. The summed E-state index contributed by atoms with van der Waals surface area (Å²) in [5.41, 5.74) is 3.20. The van der Waals surface area contributed by atoms with Crippen LogP contribution in [0.4, 0.5) is 0 Å². The Bertz CT molecular complexity index is 901. The van der Waals surface area contributed by atoms with Gasteiger partial charge in [-0.3, -0.25) is 4.99 Å². The molecule has 0 aliphatic carbocycles. The SMILES string of the molecule is CN=C(NCc1cc(OC)c(OC)c(OC)c1)NCc1ccc(C)cc1OC1CCOC1. The number of nitrogens with one attached hydrogen (secondary N) is 2. The average Bonchev–Trinajstić information content (AvgIpc) is 3.32. The Kier molecular flexibility index (Phi) is 8.44. The van der Waals surface area contributed by atoms with Crippen LogP contribution in [0.15, 0.2) is 35.3 Å². The number of benzene rings is 2. The van der Waals surface area contributed by atoms with E-state index in [1.165, 1.54) is 0 Å². The van der Waals surface area contributed by atoms with Crippen molar-refractivity contribution in [3.05, 3.63) is 47.0 Å². The number of nitrogens with zero attached hydrogens (tertiary/aromatic N) is 1. The van der Waals surface area contributed by atoms with Gasteiger partial charge in [-0.1, -0.05) is 12.1 Å². The van der Waals surface area contributed by atoms with Gasteiger partial charge in [-0.05, 0) is 36.2 Å². The van der Waals surface area contributed by atoms with Crippen molar-refractivity contribution in [3.63, 3.8) is 0 Å². The predicted molar refractivity (Wildman–Crippen MR) is 124 cm³/mol. The van der Waals surface area contributed by atoms with Crippen LogP contribution in [-0.2, 0) is 17.8 Å². The molecule has 8 nitrogen and oxygen atoms in total. The molecule has 0 bridgehead atoms. The molecule has 2 N–H and O–H groups in total. The van der Waals surface area contributed by atoms with Gasteiger partial charge in [0.25, 0.3) is 0 Å². The molecule has 1 aliphatic heterocycles. The second-order valence-electron chi connectivity index (χ2n) is 7.53. The molecule has 0 amide bonds. The van der Waals surface area contributed by atoms with E-state index in [4.69, 9.17) is 23.7 Å². The molecule has 174 valence electrons. The number of ether oxygens (including phenoxy) is 5. The van der Waals surface area contributed by atoms with Crippen molar-refractivity contribution in [1.29, 1.82) is 0 Å². The number of methoxy groups -OCH3 is 3. The van der Waals surface area contributed by atoms with Gasteiger partial charge >= 0.3 is 0 Å². The van der Waals surface area contributed by atoms with Crippen LogP contribution < -0.4 is 29.6 Å². The van der Waals surface area contributed by atoms with Gasteiger partial charge in [-0.25, -0.2) is 0 Å². The van der Waals surface area contributed by atoms with Gasteiger partial charge in [0.05, 0.1) is 34.5 Å². The Morgan fingerprint density at radius 2 is 1.72 bits per heavy atom. The number of aryl methyl sites for hydroxylation is 1. The third kappa shape index (κ3) is 5.97. The van der Waals surface area contributed by atoms with E-state index in [0.717, 1.165) is 35.5 Å². The van der Waals surface area contributed by atoms with Gasteiger partial charge in [0.15, 0.2) is 17.5 Å². The molecule has 2 aromatic carbocycles. The van der Waals surface area contributed by atoms with Crippen molar-refractivity contribution in [2.75, 3.05) is 41.6 Å². The van der Waals surface area contributed by atoms with E-state index in [1.807, 2.05) is 12.1 Å². The lowest BCUT2D eigenvalue weighted by Gasteiger charge is -2.18. The maximum absolute atomic E-state index is 6.19. The fourth-order valence-corrected chi connectivity index (χ4v) is 3.53. The molecule has 1 aliphatic rings. The van der Waals surface area contributed by atoms with E-state index >= 15 is 0 Å². The number of hydrogen-bond acceptors (Lipinski definition) is 6. The molecule has 1 saturated heterocycles. The van der Waals surface area contributed by atoms with Crippen LogP contribution in [0.3, 0.4) is 0 Å². The van der Waals surface area contributed by atoms with E-state index in [0.29, 0.717) is 42.9 Å². The molecule has 3 rings (SSSR count). The van der Waals surface area contributed by atoms with Crippen molar-refractivity contribution < 1.29 is 23.7 Å². The minimum Gasteiger partial charge on any atom is -0.493 e. The summed E-state index contributed by atoms with van der Waals surface area (Å²) in [6.45, 7) is 4.57. The zero-order valence-corrected chi connectivity index (χ0v) is 19.5. The standard InChI is InChI=1S/C24H33N3O5/c1-16-6-7-18(20(10-16)32-19-8-9-31-15-19)14-27-24(25-2)26-13-17-11-21(28-3)23(30-5)22(12-17)29-4/h6-7,10-12,19H,8-9,13-15H2,1-5H3,(H2,25,26,27). The number of aliphatic imine (C=N–C) groups is 1. The summed E-state index contributed by atoms with van der Waals surface area (Å²) in [6.07, 6.45) is 1.02. The molecule has 0 saturated carbocycles. The highest BCUT2D eigenvalue weighted by molar-refractivity contribution is 5.79. The van der Waals surface area contributed by atoms with E-state index in [1.54, 1.807) is 28.4 Å². The zero-order valence-electron chi connectivity index (χ0n) is 19.5. The summed E-state index contributed by atoms with van der Waals surface area (Å²) >= 11 is 0. The third-order valence-corrected chi connectivity index (χ3v) is 5.26. The van der Waals surface area contributed by atoms with Gasteiger partial charge in [0, 0.05) is 32.1 Å². The Balaban J connectivity index is 1.63. The first-order valence-electron chi connectivity index (χ1n) is 10.6. The summed E-state index contributed by atoms with van der Waals surface area (Å²) < 4.78 is 27.9. The molecule has 1 fully saturated rings. The highest BCUT2D eigenvalue weighted by Crippen LogP contribution is 2.38. The Morgan fingerprint density at radius 3 is 2.31 bits per heavy atom. The summed E-state index contributed by atoms with van der Waals surface area (Å²) in [5, 5.41) is 6.69. The van der Waals surface area contributed by atoms with E-state index in [2.05, 4.69) is 40.7 Å². The highest BCUT2D eigenvalue weighted by Gasteiger charge is 2.19. The normalized spacial score (nSPS) is 15.9. The molecule has 1 heterocycles. The van der Waals surface area contributed by atoms with Gasteiger partial charge < -0.3 is 34.3 Å². The van der Waals surface area contributed by atoms with Gasteiger partial charge in [0.2, 0.25) is 5.75 Å². The van der Waals surface area contributed by atoms with Crippen molar-refractivity contribution in [2.45, 2.75) is 32.5 Å². The topological polar surface area (TPSA) is 82.6 Å². The lowest BCUT2D eigenvalue weighted by Crippen LogP contribution is -2.36. The summed E-state index contributed by atoms with van der Waals surface area (Å²) in [7, 11) is 6.54. The summed E-state index contributed by atoms with van der Waals surface area (Å²) in [4.78, 5) is 4.33. The highest BCUT2D eigenvalue weighted by atomic mass is 16.5. The maximum Gasteiger partial charge on any atom is 0.203 e. The van der Waals surface area contributed by atoms with Gasteiger partial charge in [-0.2, -0.15) is 0 Å². The molecule has 2 aromatic rings. The molecular formula is C24H33N3O5. The summed E-state index contributed by atoms with van der Waals surface area (Å²) in [5.74, 6) is 3.36. The monoisotopic (exact) mass is 443 g/mol. The van der Waals surface area contributed by atoms with Crippen molar-refractivity contribution in [2.24, 2.45) is 4.99 Å². The number of rotatable bonds is 9. The Labute approximate surface area is 189 Å². The second kappa shape index (κ2) is 11.5. The van der Waals surface area contributed by atoms with E-state index in [9.17, 15) is 0 Å². The maximum atomic E-state index is 6.19.